The third kappa shape index (κ3) is 2.90. The van der Waals surface area contributed by atoms with Crippen molar-refractivity contribution >= 4 is 5.57 Å². The van der Waals surface area contributed by atoms with E-state index in [4.69, 9.17) is 5.11 Å². The highest BCUT2D eigenvalue weighted by molar-refractivity contribution is 5.65. The van der Waals surface area contributed by atoms with E-state index in [1.165, 1.54) is 0 Å². The summed E-state index contributed by atoms with van der Waals surface area (Å²) >= 11 is 0. The van der Waals surface area contributed by atoms with Gasteiger partial charge in [-0.15, -0.1) is 5.73 Å². The third-order valence-corrected chi connectivity index (χ3v) is 1.68. The number of rotatable bonds is 2. The van der Waals surface area contributed by atoms with Crippen molar-refractivity contribution in [3.63, 3.8) is 0 Å². The van der Waals surface area contributed by atoms with Gasteiger partial charge in [0.05, 0.1) is 6.61 Å². The van der Waals surface area contributed by atoms with Gasteiger partial charge in [-0.25, -0.2) is 0 Å². The first-order chi connectivity index (χ1) is 6.24. The smallest absolute Gasteiger partial charge is 0.0759 e. The van der Waals surface area contributed by atoms with Gasteiger partial charge in [0, 0.05) is 5.57 Å². The normalized spacial score (nSPS) is 9.15. The fraction of sp³-hybridized carbons (Fsp3) is 0.250. The topological polar surface area (TPSA) is 20.2 Å². The molecule has 0 aliphatic rings. The molecule has 1 aromatic rings. The summed E-state index contributed by atoms with van der Waals surface area (Å²) in [4.78, 5) is 0. The van der Waals surface area contributed by atoms with Gasteiger partial charge in [-0.3, -0.25) is 0 Å². The first-order valence-corrected chi connectivity index (χ1v) is 4.33. The van der Waals surface area contributed by atoms with Crippen LogP contribution in [0.15, 0.2) is 41.6 Å². The monoisotopic (exact) mass is 174 g/mol. The van der Waals surface area contributed by atoms with Crippen molar-refractivity contribution in [3.8, 4) is 0 Å². The number of hydrogen-bond acceptors (Lipinski definition) is 1. The molecule has 0 spiro atoms. The zero-order chi connectivity index (χ0) is 9.68. The molecule has 0 aliphatic heterocycles. The van der Waals surface area contributed by atoms with E-state index < -0.39 is 0 Å². The molecule has 0 heterocycles. The average Bonchev–Trinajstić information content (AvgIpc) is 2.15. The van der Waals surface area contributed by atoms with Crippen LogP contribution in [0.4, 0.5) is 0 Å². The fourth-order valence-electron chi connectivity index (χ4n) is 1.14. The molecule has 1 rings (SSSR count). The lowest BCUT2D eigenvalue weighted by molar-refractivity contribution is 0.350. The Balaban J connectivity index is 3.14. The highest BCUT2D eigenvalue weighted by Gasteiger charge is 1.96. The van der Waals surface area contributed by atoms with Crippen molar-refractivity contribution in [1.82, 2.24) is 0 Å². The number of benzene rings is 1. The van der Waals surface area contributed by atoms with Gasteiger partial charge in [0.25, 0.3) is 0 Å². The summed E-state index contributed by atoms with van der Waals surface area (Å²) in [7, 11) is 0. The van der Waals surface area contributed by atoms with Gasteiger partial charge >= 0.3 is 0 Å². The molecule has 0 aliphatic carbocycles. The maximum Gasteiger partial charge on any atom is 0.0759 e. The van der Waals surface area contributed by atoms with Gasteiger partial charge in [-0.1, -0.05) is 30.3 Å². The SMILES string of the molecule is CC(C)=C=C(CO)c1ccccc1. The Bertz CT molecular complexity index is 325. The summed E-state index contributed by atoms with van der Waals surface area (Å²) in [5, 5.41) is 9.12. The maximum atomic E-state index is 9.12. The van der Waals surface area contributed by atoms with Gasteiger partial charge in [0.15, 0.2) is 0 Å². The quantitative estimate of drug-likeness (QED) is 0.683. The lowest BCUT2D eigenvalue weighted by atomic mass is 10.1. The van der Waals surface area contributed by atoms with Crippen LogP contribution in [-0.4, -0.2) is 11.7 Å². The lowest BCUT2D eigenvalue weighted by Crippen LogP contribution is -1.88. The molecule has 1 heteroatoms. The van der Waals surface area contributed by atoms with E-state index in [0.29, 0.717) is 0 Å². The second-order valence-corrected chi connectivity index (χ2v) is 3.13. The fourth-order valence-corrected chi connectivity index (χ4v) is 1.14. The van der Waals surface area contributed by atoms with Gasteiger partial charge in [-0.2, -0.15) is 0 Å². The molecule has 0 saturated heterocycles. The van der Waals surface area contributed by atoms with Crippen molar-refractivity contribution in [2.24, 2.45) is 0 Å². The Hall–Kier alpha value is -1.30. The predicted molar refractivity (Wildman–Crippen MR) is 55.3 cm³/mol. The molecule has 0 radical (unpaired) electrons. The molecule has 0 aromatic heterocycles. The molecule has 0 fully saturated rings. The predicted octanol–water partition coefficient (Wildman–Crippen LogP) is 2.63. The Morgan fingerprint density at radius 1 is 1.23 bits per heavy atom. The van der Waals surface area contributed by atoms with Gasteiger partial charge in [-0.05, 0) is 25.0 Å². The van der Waals surface area contributed by atoms with E-state index in [1.54, 1.807) is 0 Å². The standard InChI is InChI=1S/C12H14O/c1-10(2)8-12(9-13)11-6-4-3-5-7-11/h3-7,13H,9H2,1-2H3. The summed E-state index contributed by atoms with van der Waals surface area (Å²) < 4.78 is 0. The largest absolute Gasteiger partial charge is 0.391 e. The van der Waals surface area contributed by atoms with Crippen LogP contribution in [0.2, 0.25) is 0 Å². The highest BCUT2D eigenvalue weighted by atomic mass is 16.3. The molecule has 13 heavy (non-hydrogen) atoms. The van der Waals surface area contributed by atoms with E-state index in [2.05, 4.69) is 5.73 Å². The maximum absolute atomic E-state index is 9.12. The summed E-state index contributed by atoms with van der Waals surface area (Å²) in [6.07, 6.45) is 0. The molecule has 1 aromatic carbocycles. The molecule has 0 unspecified atom stereocenters. The van der Waals surface area contributed by atoms with Crippen LogP contribution in [0.1, 0.15) is 19.4 Å². The molecule has 0 bridgehead atoms. The van der Waals surface area contributed by atoms with E-state index in [0.717, 1.165) is 16.7 Å². The average molecular weight is 174 g/mol. The number of aliphatic hydroxyl groups is 1. The van der Waals surface area contributed by atoms with Crippen molar-refractivity contribution < 1.29 is 5.11 Å². The van der Waals surface area contributed by atoms with Crippen molar-refractivity contribution in [3.05, 3.63) is 47.2 Å². The second-order valence-electron chi connectivity index (χ2n) is 3.13. The minimum Gasteiger partial charge on any atom is -0.391 e. The Kier molecular flexibility index (Phi) is 3.51. The third-order valence-electron chi connectivity index (χ3n) is 1.68. The van der Waals surface area contributed by atoms with Gasteiger partial charge < -0.3 is 5.11 Å². The molecule has 1 nitrogen and oxygen atoms in total. The van der Waals surface area contributed by atoms with Crippen LogP contribution < -0.4 is 0 Å². The highest BCUT2D eigenvalue weighted by Crippen LogP contribution is 2.12. The minimum absolute atomic E-state index is 0.0369. The van der Waals surface area contributed by atoms with E-state index in [-0.39, 0.29) is 6.61 Å². The van der Waals surface area contributed by atoms with Crippen LogP contribution in [0, 0.1) is 0 Å². The molecule has 0 atom stereocenters. The molecular weight excluding hydrogens is 160 g/mol. The first-order valence-electron chi connectivity index (χ1n) is 4.33. The lowest BCUT2D eigenvalue weighted by Gasteiger charge is -2.00. The molecule has 68 valence electrons. The summed E-state index contributed by atoms with van der Waals surface area (Å²) in [5.74, 6) is 0. The molecule has 0 amide bonds. The van der Waals surface area contributed by atoms with Crippen molar-refractivity contribution in [2.45, 2.75) is 13.8 Å². The number of aliphatic hydroxyl groups excluding tert-OH is 1. The number of hydrogen-bond donors (Lipinski definition) is 1. The summed E-state index contributed by atoms with van der Waals surface area (Å²) in [6, 6.07) is 9.82. The van der Waals surface area contributed by atoms with Crippen molar-refractivity contribution in [2.75, 3.05) is 6.61 Å². The van der Waals surface area contributed by atoms with Crippen molar-refractivity contribution in [1.29, 1.82) is 0 Å². The summed E-state index contributed by atoms with van der Waals surface area (Å²) in [6.45, 7) is 3.98. The summed E-state index contributed by atoms with van der Waals surface area (Å²) in [5.41, 5.74) is 6.09. The van der Waals surface area contributed by atoms with Crippen LogP contribution in [0.3, 0.4) is 0 Å². The Morgan fingerprint density at radius 2 is 1.85 bits per heavy atom. The Morgan fingerprint density at radius 3 is 2.31 bits per heavy atom. The van der Waals surface area contributed by atoms with Crippen LogP contribution in [0.5, 0.6) is 0 Å². The van der Waals surface area contributed by atoms with E-state index in [1.807, 2.05) is 44.2 Å². The molecular formula is C12H14O. The first kappa shape index (κ1) is 9.79. The van der Waals surface area contributed by atoms with Gasteiger partial charge in [0.2, 0.25) is 0 Å². The molecule has 1 N–H and O–H groups in total. The zero-order valence-corrected chi connectivity index (χ0v) is 8.04. The zero-order valence-electron chi connectivity index (χ0n) is 8.04. The minimum atomic E-state index is 0.0369. The van der Waals surface area contributed by atoms with E-state index >= 15 is 0 Å². The van der Waals surface area contributed by atoms with E-state index in [9.17, 15) is 0 Å². The van der Waals surface area contributed by atoms with Crippen LogP contribution in [0.25, 0.3) is 5.57 Å². The van der Waals surface area contributed by atoms with Gasteiger partial charge in [0.1, 0.15) is 0 Å². The van der Waals surface area contributed by atoms with Crippen LogP contribution in [-0.2, 0) is 0 Å². The second kappa shape index (κ2) is 4.66. The van der Waals surface area contributed by atoms with Crippen LogP contribution >= 0.6 is 0 Å². The Labute approximate surface area is 79.0 Å². The molecule has 0 saturated carbocycles.